The molecular formula is C11H16N2O5S2. The third kappa shape index (κ3) is 3.17. The van der Waals surface area contributed by atoms with Crippen LogP contribution in [0.15, 0.2) is 9.72 Å². The number of carbonyl (C=O) groups is 1. The van der Waals surface area contributed by atoms with E-state index in [2.05, 4.69) is 14.4 Å². The van der Waals surface area contributed by atoms with Crippen LogP contribution in [0.2, 0.25) is 0 Å². The molecule has 1 saturated carbocycles. The van der Waals surface area contributed by atoms with E-state index >= 15 is 0 Å². The molecule has 1 N–H and O–H groups in total. The molecule has 0 radical (unpaired) electrons. The van der Waals surface area contributed by atoms with Crippen molar-refractivity contribution in [3.05, 3.63) is 11.2 Å². The highest BCUT2D eigenvalue weighted by Crippen LogP contribution is 2.27. The first kappa shape index (κ1) is 15.4. The summed E-state index contributed by atoms with van der Waals surface area (Å²) in [6.45, 7) is 2.52. The fourth-order valence-corrected chi connectivity index (χ4v) is 4.38. The number of rotatable bonds is 6. The Labute approximate surface area is 121 Å². The van der Waals surface area contributed by atoms with Gasteiger partial charge in [-0.15, -0.1) is 11.3 Å². The number of esters is 1. The number of ether oxygens (including phenoxy) is 2. The number of hydrogen-bond donors (Lipinski definition) is 1. The highest BCUT2D eigenvalue weighted by Gasteiger charge is 2.35. The van der Waals surface area contributed by atoms with Gasteiger partial charge in [-0.1, -0.05) is 0 Å². The molecule has 112 valence electrons. The van der Waals surface area contributed by atoms with Crippen LogP contribution >= 0.6 is 11.3 Å². The smallest absolute Gasteiger partial charge is 0.358 e. The van der Waals surface area contributed by atoms with Gasteiger partial charge < -0.3 is 9.47 Å². The summed E-state index contributed by atoms with van der Waals surface area (Å²) in [4.78, 5) is 15.2. The zero-order chi connectivity index (χ0) is 14.8. The Morgan fingerprint density at radius 2 is 2.25 bits per heavy atom. The minimum absolute atomic E-state index is 0.106. The molecule has 0 bridgehead atoms. The monoisotopic (exact) mass is 320 g/mol. The predicted molar refractivity (Wildman–Crippen MR) is 72.2 cm³/mol. The second-order valence-electron chi connectivity index (χ2n) is 4.35. The van der Waals surface area contributed by atoms with Crippen molar-refractivity contribution in [3.8, 4) is 0 Å². The van der Waals surface area contributed by atoms with Gasteiger partial charge in [0.05, 0.1) is 18.7 Å². The molecular weight excluding hydrogens is 304 g/mol. The van der Waals surface area contributed by atoms with Crippen molar-refractivity contribution in [2.24, 2.45) is 0 Å². The number of nitrogens with zero attached hydrogens (tertiary/aromatic N) is 1. The van der Waals surface area contributed by atoms with Crippen molar-refractivity contribution in [2.45, 2.75) is 36.1 Å². The Morgan fingerprint density at radius 1 is 1.55 bits per heavy atom. The van der Waals surface area contributed by atoms with Gasteiger partial charge in [-0.25, -0.2) is 22.9 Å². The van der Waals surface area contributed by atoms with Crippen molar-refractivity contribution in [2.75, 3.05) is 13.7 Å². The molecule has 0 amide bonds. The van der Waals surface area contributed by atoms with Gasteiger partial charge in [0.25, 0.3) is 10.0 Å². The van der Waals surface area contributed by atoms with Gasteiger partial charge in [0, 0.05) is 12.6 Å². The summed E-state index contributed by atoms with van der Waals surface area (Å²) in [5.41, 5.74) is 1.13. The van der Waals surface area contributed by atoms with Crippen LogP contribution in [0.3, 0.4) is 0 Å². The van der Waals surface area contributed by atoms with Gasteiger partial charge in [-0.05, 0) is 19.8 Å². The molecule has 1 aromatic rings. The van der Waals surface area contributed by atoms with Gasteiger partial charge in [-0.3, -0.25) is 0 Å². The van der Waals surface area contributed by atoms with E-state index in [1.165, 1.54) is 12.6 Å². The zero-order valence-corrected chi connectivity index (χ0v) is 12.8. The lowest BCUT2D eigenvalue weighted by molar-refractivity contribution is -0.00476. The van der Waals surface area contributed by atoms with Crippen LogP contribution in [0, 0.1) is 0 Å². The average Bonchev–Trinajstić information content (AvgIpc) is 2.85. The lowest BCUT2D eigenvalue weighted by Crippen LogP contribution is -2.47. The summed E-state index contributed by atoms with van der Waals surface area (Å²) in [5.74, 6) is -0.757. The van der Waals surface area contributed by atoms with Crippen LogP contribution in [-0.4, -0.2) is 45.2 Å². The summed E-state index contributed by atoms with van der Waals surface area (Å²) in [6, 6.07) is -0.163. The Hall–Kier alpha value is -1.03. The molecule has 1 aliphatic carbocycles. The number of aromatic nitrogens is 1. The molecule has 0 aliphatic heterocycles. The fraction of sp³-hybridized carbons (Fsp3) is 0.636. The lowest BCUT2D eigenvalue weighted by atomic mass is 9.90. The molecule has 7 nitrogen and oxygen atoms in total. The summed E-state index contributed by atoms with van der Waals surface area (Å²) in [7, 11) is -2.57. The van der Waals surface area contributed by atoms with Gasteiger partial charge in [0.1, 0.15) is 0 Å². The number of methoxy groups -OCH3 is 1. The summed E-state index contributed by atoms with van der Waals surface area (Å²) in [6.07, 6.45) is 1.38. The molecule has 2 rings (SSSR count). The maximum absolute atomic E-state index is 12.2. The van der Waals surface area contributed by atoms with Crippen molar-refractivity contribution in [3.63, 3.8) is 0 Å². The Balaban J connectivity index is 2.05. The molecule has 0 aromatic carbocycles. The maximum atomic E-state index is 12.2. The first-order valence-electron chi connectivity index (χ1n) is 6.13. The van der Waals surface area contributed by atoms with Crippen molar-refractivity contribution >= 4 is 27.3 Å². The second kappa shape index (κ2) is 6.17. The van der Waals surface area contributed by atoms with E-state index in [1.54, 1.807) is 0 Å². The zero-order valence-electron chi connectivity index (χ0n) is 11.2. The summed E-state index contributed by atoms with van der Waals surface area (Å²) < 4.78 is 36.8. The lowest BCUT2D eigenvalue weighted by Gasteiger charge is -2.34. The maximum Gasteiger partial charge on any atom is 0.358 e. The van der Waals surface area contributed by atoms with E-state index in [0.717, 1.165) is 11.3 Å². The standard InChI is InChI=1S/C11H16N2O5S2/c1-3-18-8-4-7(5-8)13-20(15,16)11-9(10(14)17-2)12-6-19-11/h6-8,13H,3-5H2,1-2H3. The number of sulfonamides is 1. The van der Waals surface area contributed by atoms with Crippen molar-refractivity contribution < 1.29 is 22.7 Å². The second-order valence-corrected chi connectivity index (χ2v) is 7.11. The number of nitrogens with one attached hydrogen (secondary N) is 1. The highest BCUT2D eigenvalue weighted by molar-refractivity contribution is 7.91. The van der Waals surface area contributed by atoms with Gasteiger partial charge >= 0.3 is 5.97 Å². The van der Waals surface area contributed by atoms with Gasteiger partial charge in [0.15, 0.2) is 9.90 Å². The molecule has 20 heavy (non-hydrogen) atoms. The van der Waals surface area contributed by atoms with Crippen LogP contribution in [0.4, 0.5) is 0 Å². The van der Waals surface area contributed by atoms with Gasteiger partial charge in [-0.2, -0.15) is 0 Å². The molecule has 1 fully saturated rings. The largest absolute Gasteiger partial charge is 0.464 e. The molecule has 0 saturated heterocycles. The first-order valence-corrected chi connectivity index (χ1v) is 8.50. The molecule has 1 aromatic heterocycles. The molecule has 0 spiro atoms. The Kier molecular flexibility index (Phi) is 4.74. The third-order valence-corrected chi connectivity index (χ3v) is 5.87. The average molecular weight is 320 g/mol. The Bertz CT molecular complexity index is 577. The van der Waals surface area contributed by atoms with Gasteiger partial charge in [0.2, 0.25) is 0 Å². The van der Waals surface area contributed by atoms with E-state index in [4.69, 9.17) is 4.74 Å². The summed E-state index contributed by atoms with van der Waals surface area (Å²) in [5, 5.41) is 0. The SMILES string of the molecule is CCOC1CC(NS(=O)(=O)c2scnc2C(=O)OC)C1. The van der Waals surface area contributed by atoms with E-state index < -0.39 is 16.0 Å². The van der Waals surface area contributed by atoms with Crippen molar-refractivity contribution in [1.29, 1.82) is 0 Å². The number of thiazole rings is 1. The van der Waals surface area contributed by atoms with Crippen molar-refractivity contribution in [1.82, 2.24) is 9.71 Å². The molecule has 1 aliphatic rings. The molecule has 0 atom stereocenters. The Morgan fingerprint density at radius 3 is 2.85 bits per heavy atom. The van der Waals surface area contributed by atoms with Crippen LogP contribution in [-0.2, 0) is 19.5 Å². The van der Waals surface area contributed by atoms with Crippen LogP contribution in [0.1, 0.15) is 30.3 Å². The number of carbonyl (C=O) groups excluding carboxylic acids is 1. The summed E-state index contributed by atoms with van der Waals surface area (Å²) >= 11 is 0.894. The molecule has 9 heteroatoms. The first-order chi connectivity index (χ1) is 9.47. The fourth-order valence-electron chi connectivity index (χ4n) is 1.97. The van der Waals surface area contributed by atoms with E-state index in [1.807, 2.05) is 6.92 Å². The topological polar surface area (TPSA) is 94.6 Å². The highest BCUT2D eigenvalue weighted by atomic mass is 32.2. The van der Waals surface area contributed by atoms with Crippen LogP contribution in [0.5, 0.6) is 0 Å². The quantitative estimate of drug-likeness (QED) is 0.778. The third-order valence-electron chi connectivity index (χ3n) is 2.98. The minimum Gasteiger partial charge on any atom is -0.464 e. The van der Waals surface area contributed by atoms with Crippen LogP contribution in [0.25, 0.3) is 0 Å². The van der Waals surface area contributed by atoms with E-state index in [-0.39, 0.29) is 22.0 Å². The van der Waals surface area contributed by atoms with E-state index in [0.29, 0.717) is 19.4 Å². The molecule has 0 unspecified atom stereocenters. The number of hydrogen-bond acceptors (Lipinski definition) is 7. The minimum atomic E-state index is -3.75. The predicted octanol–water partition coefficient (Wildman–Crippen LogP) is 0.776. The normalized spacial score (nSPS) is 22.3. The van der Waals surface area contributed by atoms with E-state index in [9.17, 15) is 13.2 Å². The molecule has 1 heterocycles. The van der Waals surface area contributed by atoms with Crippen LogP contribution < -0.4 is 4.72 Å².